The minimum Gasteiger partial charge on any atom is -0.481 e. The molecular formula is C21H26BrCl3N4O2. The van der Waals surface area contributed by atoms with Crippen molar-refractivity contribution in [3.05, 3.63) is 51.2 Å². The van der Waals surface area contributed by atoms with Crippen LogP contribution in [0.15, 0.2) is 39.9 Å². The number of carboxylic acid groups (broad SMARTS) is 1. The summed E-state index contributed by atoms with van der Waals surface area (Å²) in [5.74, 6) is 0.194. The van der Waals surface area contributed by atoms with Crippen LogP contribution in [0.25, 0.3) is 0 Å². The van der Waals surface area contributed by atoms with E-state index in [0.717, 1.165) is 60.0 Å². The summed E-state index contributed by atoms with van der Waals surface area (Å²) >= 11 is 9.81. The van der Waals surface area contributed by atoms with Crippen LogP contribution >= 0.6 is 52.3 Å². The number of hydrogen-bond acceptors (Lipinski definition) is 4. The van der Waals surface area contributed by atoms with Crippen molar-refractivity contribution in [2.45, 2.75) is 20.4 Å². The molecule has 4 rings (SSSR count). The molecule has 0 saturated carbocycles. The second kappa shape index (κ2) is 10.1. The molecule has 10 heteroatoms. The molecule has 2 aliphatic rings. The van der Waals surface area contributed by atoms with E-state index in [0.29, 0.717) is 11.6 Å². The number of aromatic nitrogens is 1. The number of fused-ring (bicyclic) bond motifs is 2. The van der Waals surface area contributed by atoms with Crippen molar-refractivity contribution in [1.82, 2.24) is 14.4 Å². The number of carbonyl (C=O) groups is 1. The standard InChI is InChI=1S/C21H24BrClN4O2.2ClH/c1-21(2,20(28)29)13-25-5-7-26(8-6-25)19-18-10-15(22)12-27(18)11-14-9-16(23)3-4-17(14)24-19;;/h3-4,9-10,12H,5-8,11,13H2,1-2H3,(H,28,29);2*1H. The number of amidine groups is 1. The van der Waals surface area contributed by atoms with Gasteiger partial charge in [0.05, 0.1) is 16.8 Å². The van der Waals surface area contributed by atoms with Gasteiger partial charge in [-0.25, -0.2) is 4.99 Å². The average molecular weight is 553 g/mol. The molecule has 0 unspecified atom stereocenters. The largest absolute Gasteiger partial charge is 0.481 e. The van der Waals surface area contributed by atoms with Crippen molar-refractivity contribution in [2.24, 2.45) is 10.4 Å². The van der Waals surface area contributed by atoms with Gasteiger partial charge in [0.15, 0.2) is 5.84 Å². The lowest BCUT2D eigenvalue weighted by Crippen LogP contribution is -2.52. The van der Waals surface area contributed by atoms with Gasteiger partial charge in [0.25, 0.3) is 0 Å². The molecule has 0 bridgehead atoms. The Bertz CT molecular complexity index is 985. The van der Waals surface area contributed by atoms with E-state index in [1.807, 2.05) is 18.2 Å². The van der Waals surface area contributed by atoms with Gasteiger partial charge in [0.1, 0.15) is 0 Å². The third-order valence-electron chi connectivity index (χ3n) is 5.57. The second-order valence-corrected chi connectivity index (χ2v) is 9.68. The molecule has 2 aromatic rings. The molecule has 0 spiro atoms. The fraction of sp³-hybridized carbons (Fsp3) is 0.429. The molecule has 170 valence electrons. The van der Waals surface area contributed by atoms with Crippen molar-refractivity contribution in [3.8, 4) is 0 Å². The average Bonchev–Trinajstić information content (AvgIpc) is 2.94. The van der Waals surface area contributed by atoms with Crippen molar-refractivity contribution in [2.75, 3.05) is 32.7 Å². The molecule has 1 fully saturated rings. The Balaban J connectivity index is 0.00000171. The Morgan fingerprint density at radius 2 is 1.87 bits per heavy atom. The highest BCUT2D eigenvalue weighted by atomic mass is 79.9. The van der Waals surface area contributed by atoms with E-state index in [2.05, 4.69) is 42.6 Å². The van der Waals surface area contributed by atoms with Gasteiger partial charge < -0.3 is 14.6 Å². The van der Waals surface area contributed by atoms with Gasteiger partial charge in [-0.3, -0.25) is 9.69 Å². The lowest BCUT2D eigenvalue weighted by atomic mass is 9.93. The minimum atomic E-state index is -0.758. The normalized spacial score (nSPS) is 16.3. The summed E-state index contributed by atoms with van der Waals surface area (Å²) < 4.78 is 3.22. The van der Waals surface area contributed by atoms with E-state index in [4.69, 9.17) is 16.6 Å². The summed E-state index contributed by atoms with van der Waals surface area (Å²) in [7, 11) is 0. The van der Waals surface area contributed by atoms with Crippen molar-refractivity contribution in [3.63, 3.8) is 0 Å². The third-order valence-corrected chi connectivity index (χ3v) is 6.24. The Morgan fingerprint density at radius 1 is 1.19 bits per heavy atom. The van der Waals surface area contributed by atoms with Gasteiger partial charge in [-0.1, -0.05) is 11.6 Å². The van der Waals surface area contributed by atoms with Crippen LogP contribution in [0.4, 0.5) is 5.69 Å². The first kappa shape index (κ1) is 26.0. The fourth-order valence-corrected chi connectivity index (χ4v) is 4.57. The predicted molar refractivity (Wildman–Crippen MR) is 133 cm³/mol. The second-order valence-electron chi connectivity index (χ2n) is 8.33. The van der Waals surface area contributed by atoms with Gasteiger partial charge in [0.2, 0.25) is 0 Å². The molecule has 1 aromatic carbocycles. The first-order valence-corrected chi connectivity index (χ1v) is 10.8. The van der Waals surface area contributed by atoms with Crippen LogP contribution in [0.1, 0.15) is 25.1 Å². The highest BCUT2D eigenvalue weighted by Gasteiger charge is 2.32. The van der Waals surface area contributed by atoms with E-state index in [1.165, 1.54) is 0 Å². The van der Waals surface area contributed by atoms with Crippen LogP contribution < -0.4 is 0 Å². The number of aliphatic carboxylic acids is 1. The summed E-state index contributed by atoms with van der Waals surface area (Å²) in [6.45, 7) is 8.06. The Hall–Kier alpha value is -1.25. The molecule has 0 atom stereocenters. The first-order valence-electron chi connectivity index (χ1n) is 9.67. The molecule has 2 aliphatic heterocycles. The molecule has 0 amide bonds. The van der Waals surface area contributed by atoms with Crippen LogP contribution in [0.3, 0.4) is 0 Å². The van der Waals surface area contributed by atoms with Crippen LogP contribution in [-0.2, 0) is 11.3 Å². The summed E-state index contributed by atoms with van der Waals surface area (Å²) in [5.41, 5.74) is 2.36. The summed E-state index contributed by atoms with van der Waals surface area (Å²) in [5, 5.41) is 10.1. The van der Waals surface area contributed by atoms with Crippen molar-refractivity contribution < 1.29 is 9.90 Å². The van der Waals surface area contributed by atoms with Crippen LogP contribution in [0.2, 0.25) is 5.02 Å². The number of carboxylic acids is 1. The van der Waals surface area contributed by atoms with Gasteiger partial charge in [-0.2, -0.15) is 0 Å². The zero-order chi connectivity index (χ0) is 20.8. The van der Waals surface area contributed by atoms with Crippen LogP contribution in [-0.4, -0.2) is 64.0 Å². The van der Waals surface area contributed by atoms with Crippen LogP contribution in [0.5, 0.6) is 0 Å². The molecule has 0 radical (unpaired) electrons. The van der Waals surface area contributed by atoms with Crippen molar-refractivity contribution in [1.29, 1.82) is 0 Å². The van der Waals surface area contributed by atoms with E-state index in [1.54, 1.807) is 13.8 Å². The van der Waals surface area contributed by atoms with Gasteiger partial charge in [-0.05, 0) is 59.6 Å². The van der Waals surface area contributed by atoms with E-state index in [-0.39, 0.29) is 24.8 Å². The zero-order valence-electron chi connectivity index (χ0n) is 17.3. The maximum absolute atomic E-state index is 11.5. The molecule has 0 aliphatic carbocycles. The van der Waals surface area contributed by atoms with Crippen LogP contribution in [0, 0.1) is 5.41 Å². The molecule has 1 N–H and O–H groups in total. The summed E-state index contributed by atoms with van der Waals surface area (Å²) in [4.78, 5) is 21.0. The highest BCUT2D eigenvalue weighted by molar-refractivity contribution is 9.10. The zero-order valence-corrected chi connectivity index (χ0v) is 21.3. The van der Waals surface area contributed by atoms with Crippen molar-refractivity contribution >= 4 is 69.8 Å². The summed E-state index contributed by atoms with van der Waals surface area (Å²) in [6, 6.07) is 7.94. The predicted octanol–water partition coefficient (Wildman–Crippen LogP) is 4.92. The molecule has 31 heavy (non-hydrogen) atoms. The SMILES string of the molecule is CC(C)(CN1CCN(C2=Nc3ccc(Cl)cc3Cn3cc(Br)cc32)CC1)C(=O)O.Cl.Cl. The smallest absolute Gasteiger partial charge is 0.310 e. The van der Waals surface area contributed by atoms with E-state index >= 15 is 0 Å². The molecule has 1 saturated heterocycles. The Labute approximate surface area is 208 Å². The number of halogens is 4. The lowest BCUT2D eigenvalue weighted by molar-refractivity contribution is -0.148. The topological polar surface area (TPSA) is 61.1 Å². The number of aliphatic imine (C=N–C) groups is 1. The number of nitrogens with zero attached hydrogens (tertiary/aromatic N) is 4. The maximum atomic E-state index is 11.5. The Morgan fingerprint density at radius 3 is 2.52 bits per heavy atom. The number of benzene rings is 1. The molecule has 6 nitrogen and oxygen atoms in total. The minimum absolute atomic E-state index is 0. The van der Waals surface area contributed by atoms with Gasteiger partial charge >= 0.3 is 5.97 Å². The number of rotatable bonds is 3. The van der Waals surface area contributed by atoms with Gasteiger partial charge in [-0.15, -0.1) is 24.8 Å². The molecule has 1 aromatic heterocycles. The third kappa shape index (κ3) is 5.57. The lowest BCUT2D eigenvalue weighted by Gasteiger charge is -2.38. The summed E-state index contributed by atoms with van der Waals surface area (Å²) in [6.07, 6.45) is 2.08. The molecular weight excluding hydrogens is 527 g/mol. The van der Waals surface area contributed by atoms with E-state index in [9.17, 15) is 9.90 Å². The number of piperazine rings is 1. The Kier molecular flexibility index (Phi) is 8.50. The monoisotopic (exact) mass is 550 g/mol. The first-order chi connectivity index (χ1) is 13.7. The van der Waals surface area contributed by atoms with E-state index < -0.39 is 11.4 Å². The van der Waals surface area contributed by atoms with Gasteiger partial charge in [0, 0.05) is 55.0 Å². The number of hydrogen-bond donors (Lipinski definition) is 1. The maximum Gasteiger partial charge on any atom is 0.310 e. The molecule has 3 heterocycles. The fourth-order valence-electron chi connectivity index (χ4n) is 3.91. The quantitative estimate of drug-likeness (QED) is 0.588. The highest BCUT2D eigenvalue weighted by Crippen LogP contribution is 2.31.